The number of nitrogens with zero attached hydrogens (tertiary/aromatic N) is 2. The lowest BCUT2D eigenvalue weighted by atomic mass is 10.1. The molecule has 0 bridgehead atoms. The molecule has 0 unspecified atom stereocenters. The van der Waals surface area contributed by atoms with E-state index in [9.17, 15) is 8.42 Å². The van der Waals surface area contributed by atoms with E-state index >= 15 is 0 Å². The summed E-state index contributed by atoms with van der Waals surface area (Å²) in [5.74, 6) is 0. The monoisotopic (exact) mass is 407 g/mol. The van der Waals surface area contributed by atoms with Gasteiger partial charge < -0.3 is 5.32 Å². The van der Waals surface area contributed by atoms with E-state index in [-0.39, 0.29) is 0 Å². The highest BCUT2D eigenvalue weighted by atomic mass is 35.5. The summed E-state index contributed by atoms with van der Waals surface area (Å²) in [4.78, 5) is 0.363. The zero-order valence-corrected chi connectivity index (χ0v) is 16.7. The Morgan fingerprint density at radius 1 is 1.08 bits per heavy atom. The van der Waals surface area contributed by atoms with Crippen LogP contribution >= 0.6 is 22.9 Å². The van der Waals surface area contributed by atoms with Crippen LogP contribution in [0.15, 0.2) is 47.4 Å². The van der Waals surface area contributed by atoms with Crippen molar-refractivity contribution in [1.29, 1.82) is 0 Å². The number of hydrogen-bond donors (Lipinski definition) is 1. The normalized spacial score (nSPS) is 11.5. The minimum Gasteiger partial charge on any atom is -0.356 e. The van der Waals surface area contributed by atoms with E-state index in [2.05, 4.69) is 15.5 Å². The van der Waals surface area contributed by atoms with Crippen molar-refractivity contribution in [2.24, 2.45) is 0 Å². The van der Waals surface area contributed by atoms with Crippen LogP contribution in [0.5, 0.6) is 0 Å². The van der Waals surface area contributed by atoms with Crippen LogP contribution in [0.25, 0.3) is 0 Å². The van der Waals surface area contributed by atoms with Gasteiger partial charge in [-0.15, -0.1) is 10.2 Å². The summed E-state index contributed by atoms with van der Waals surface area (Å²) in [6.07, 6.45) is 1.93. The maximum absolute atomic E-state index is 11.7. The molecule has 8 heteroatoms. The first-order valence-electron chi connectivity index (χ1n) is 7.91. The Bertz CT molecular complexity index is 1020. The van der Waals surface area contributed by atoms with Crippen LogP contribution in [0, 0.1) is 6.92 Å². The van der Waals surface area contributed by atoms with Crippen LogP contribution in [-0.2, 0) is 22.8 Å². The summed E-state index contributed by atoms with van der Waals surface area (Å²) in [6, 6.07) is 13.0. The second kappa shape index (κ2) is 7.73. The molecule has 3 rings (SSSR count). The number of aromatic nitrogens is 2. The van der Waals surface area contributed by atoms with Crippen molar-refractivity contribution < 1.29 is 8.42 Å². The predicted molar refractivity (Wildman–Crippen MR) is 106 cm³/mol. The fourth-order valence-electron chi connectivity index (χ4n) is 2.59. The molecule has 1 heterocycles. The van der Waals surface area contributed by atoms with Gasteiger partial charge in [0.2, 0.25) is 5.13 Å². The second-order valence-electron chi connectivity index (χ2n) is 6.03. The third kappa shape index (κ3) is 4.81. The van der Waals surface area contributed by atoms with Crippen molar-refractivity contribution in [3.63, 3.8) is 0 Å². The molecule has 0 saturated heterocycles. The van der Waals surface area contributed by atoms with Crippen molar-refractivity contribution in [2.45, 2.75) is 24.8 Å². The Hall–Kier alpha value is -1.96. The first-order valence-corrected chi connectivity index (χ1v) is 11.0. The first-order chi connectivity index (χ1) is 12.3. The van der Waals surface area contributed by atoms with Crippen molar-refractivity contribution in [3.05, 3.63) is 69.2 Å². The summed E-state index contributed by atoms with van der Waals surface area (Å²) in [6.45, 7) is 2.36. The molecule has 0 spiro atoms. The van der Waals surface area contributed by atoms with Crippen LogP contribution in [0.3, 0.4) is 0 Å². The maximum atomic E-state index is 11.7. The molecule has 0 fully saturated rings. The standard InChI is InChI=1S/C18H18ClN3O2S2/c1-12-9-14(5-8-16(12)26(2,23)24)11-20-18-22-21-17(25-18)10-13-3-6-15(19)7-4-13/h3-9H,10-11H2,1-2H3,(H,20,22). The van der Waals surface area contributed by atoms with E-state index in [1.807, 2.05) is 36.4 Å². The molecule has 0 aliphatic rings. The number of halogens is 1. The van der Waals surface area contributed by atoms with Gasteiger partial charge in [-0.2, -0.15) is 0 Å². The third-order valence-electron chi connectivity index (χ3n) is 3.82. The van der Waals surface area contributed by atoms with Gasteiger partial charge in [0, 0.05) is 24.2 Å². The number of anilines is 1. The SMILES string of the molecule is Cc1cc(CNc2nnc(Cc3ccc(Cl)cc3)s2)ccc1S(C)(=O)=O. The summed E-state index contributed by atoms with van der Waals surface area (Å²) in [7, 11) is -3.20. The molecule has 2 aromatic carbocycles. The number of rotatable bonds is 6. The molecule has 136 valence electrons. The molecule has 0 amide bonds. The average molecular weight is 408 g/mol. The van der Waals surface area contributed by atoms with Gasteiger partial charge in [0.05, 0.1) is 4.90 Å². The topological polar surface area (TPSA) is 72.0 Å². The largest absolute Gasteiger partial charge is 0.356 e. The Balaban J connectivity index is 1.63. The lowest BCUT2D eigenvalue weighted by Crippen LogP contribution is -2.03. The lowest BCUT2D eigenvalue weighted by molar-refractivity contribution is 0.601. The third-order valence-corrected chi connectivity index (χ3v) is 6.21. The van der Waals surface area contributed by atoms with E-state index in [0.29, 0.717) is 22.9 Å². The molecular weight excluding hydrogens is 390 g/mol. The minimum absolute atomic E-state index is 0.363. The number of sulfone groups is 1. The Labute approximate surface area is 162 Å². The first kappa shape index (κ1) is 18.8. The zero-order chi connectivity index (χ0) is 18.7. The molecule has 0 aliphatic carbocycles. The predicted octanol–water partition coefficient (Wildman–Crippen LogP) is 4.11. The van der Waals surface area contributed by atoms with Crippen LogP contribution < -0.4 is 5.32 Å². The van der Waals surface area contributed by atoms with Crippen LogP contribution in [0.4, 0.5) is 5.13 Å². The molecule has 0 radical (unpaired) electrons. The van der Waals surface area contributed by atoms with Gasteiger partial charge in [-0.05, 0) is 41.8 Å². The van der Waals surface area contributed by atoms with E-state index in [4.69, 9.17) is 11.6 Å². The van der Waals surface area contributed by atoms with Crippen molar-refractivity contribution in [2.75, 3.05) is 11.6 Å². The maximum Gasteiger partial charge on any atom is 0.205 e. The van der Waals surface area contributed by atoms with E-state index in [0.717, 1.165) is 26.8 Å². The molecule has 1 N–H and O–H groups in total. The van der Waals surface area contributed by atoms with E-state index in [1.54, 1.807) is 13.0 Å². The van der Waals surface area contributed by atoms with Crippen LogP contribution in [-0.4, -0.2) is 24.9 Å². The fraction of sp³-hybridized carbons (Fsp3) is 0.222. The number of hydrogen-bond acceptors (Lipinski definition) is 6. The van der Waals surface area contributed by atoms with E-state index < -0.39 is 9.84 Å². The number of benzene rings is 2. The molecule has 26 heavy (non-hydrogen) atoms. The van der Waals surface area contributed by atoms with E-state index in [1.165, 1.54) is 17.6 Å². The number of nitrogens with one attached hydrogen (secondary N) is 1. The van der Waals surface area contributed by atoms with Gasteiger partial charge in [-0.25, -0.2) is 8.42 Å². The quantitative estimate of drug-likeness (QED) is 0.665. The molecule has 5 nitrogen and oxygen atoms in total. The van der Waals surface area contributed by atoms with Gasteiger partial charge in [0.1, 0.15) is 5.01 Å². The fourth-order valence-corrected chi connectivity index (χ4v) is 4.44. The molecule has 0 aliphatic heterocycles. The molecule has 0 saturated carbocycles. The van der Waals surface area contributed by atoms with Gasteiger partial charge in [-0.1, -0.05) is 47.2 Å². The van der Waals surface area contributed by atoms with Gasteiger partial charge in [0.15, 0.2) is 9.84 Å². The minimum atomic E-state index is -3.20. The van der Waals surface area contributed by atoms with Gasteiger partial charge in [-0.3, -0.25) is 0 Å². The van der Waals surface area contributed by atoms with Gasteiger partial charge in [0.25, 0.3) is 0 Å². The Kier molecular flexibility index (Phi) is 5.60. The highest BCUT2D eigenvalue weighted by molar-refractivity contribution is 7.90. The lowest BCUT2D eigenvalue weighted by Gasteiger charge is -2.07. The molecule has 3 aromatic rings. The summed E-state index contributed by atoms with van der Waals surface area (Å²) in [5, 5.41) is 14.0. The smallest absolute Gasteiger partial charge is 0.205 e. The molecular formula is C18H18ClN3O2S2. The number of aryl methyl sites for hydroxylation is 1. The van der Waals surface area contributed by atoms with Crippen molar-refractivity contribution in [3.8, 4) is 0 Å². The second-order valence-corrected chi connectivity index (χ2v) is 9.51. The highest BCUT2D eigenvalue weighted by Gasteiger charge is 2.11. The van der Waals surface area contributed by atoms with Crippen molar-refractivity contribution >= 4 is 37.9 Å². The summed E-state index contributed by atoms with van der Waals surface area (Å²) < 4.78 is 23.4. The molecule has 0 atom stereocenters. The van der Waals surface area contributed by atoms with Gasteiger partial charge >= 0.3 is 0 Å². The van der Waals surface area contributed by atoms with Crippen LogP contribution in [0.1, 0.15) is 21.7 Å². The Morgan fingerprint density at radius 2 is 1.77 bits per heavy atom. The highest BCUT2D eigenvalue weighted by Crippen LogP contribution is 2.21. The van der Waals surface area contributed by atoms with Crippen LogP contribution in [0.2, 0.25) is 5.02 Å². The summed E-state index contributed by atoms with van der Waals surface area (Å²) in [5.41, 5.74) is 2.86. The Morgan fingerprint density at radius 3 is 2.42 bits per heavy atom. The zero-order valence-electron chi connectivity index (χ0n) is 14.4. The van der Waals surface area contributed by atoms with Crippen molar-refractivity contribution in [1.82, 2.24) is 10.2 Å². The summed E-state index contributed by atoms with van der Waals surface area (Å²) >= 11 is 7.40. The molecule has 1 aromatic heterocycles. The average Bonchev–Trinajstić information content (AvgIpc) is 3.01.